The summed E-state index contributed by atoms with van der Waals surface area (Å²) < 4.78 is 37.0. The van der Waals surface area contributed by atoms with Gasteiger partial charge in [0.05, 0.1) is 18.4 Å². The summed E-state index contributed by atoms with van der Waals surface area (Å²) in [5.41, 5.74) is 4.62. The van der Waals surface area contributed by atoms with Crippen LogP contribution in [0.1, 0.15) is 73.7 Å². The third kappa shape index (κ3) is 7.32. The van der Waals surface area contributed by atoms with Crippen LogP contribution in [0.3, 0.4) is 0 Å². The number of esters is 1. The van der Waals surface area contributed by atoms with Gasteiger partial charge in [0, 0.05) is 43.1 Å². The van der Waals surface area contributed by atoms with E-state index in [9.17, 15) is 18.0 Å². The number of aromatic nitrogens is 1. The second-order valence-electron chi connectivity index (χ2n) is 11.1. The van der Waals surface area contributed by atoms with Crippen molar-refractivity contribution >= 4 is 33.0 Å². The Labute approximate surface area is 248 Å². The highest BCUT2D eigenvalue weighted by Gasteiger charge is 2.27. The van der Waals surface area contributed by atoms with Crippen molar-refractivity contribution in [2.45, 2.75) is 63.8 Å². The Morgan fingerprint density at radius 1 is 1.14 bits per heavy atom. The number of methoxy groups -OCH3 is 1. The molecule has 228 valence electrons. The van der Waals surface area contributed by atoms with Gasteiger partial charge in [-0.1, -0.05) is 37.5 Å². The summed E-state index contributed by atoms with van der Waals surface area (Å²) in [6.45, 7) is 1.99. The van der Waals surface area contributed by atoms with E-state index in [4.69, 9.17) is 14.6 Å². The van der Waals surface area contributed by atoms with E-state index in [1.165, 1.54) is 39.0 Å². The van der Waals surface area contributed by atoms with Crippen LogP contribution in [0.5, 0.6) is 5.75 Å². The van der Waals surface area contributed by atoms with E-state index in [2.05, 4.69) is 9.88 Å². The molecule has 0 bridgehead atoms. The molecule has 0 spiro atoms. The molecule has 3 aromatic rings. The summed E-state index contributed by atoms with van der Waals surface area (Å²) in [6, 6.07) is 13.3. The van der Waals surface area contributed by atoms with Crippen molar-refractivity contribution in [1.29, 1.82) is 0 Å². The quantitative estimate of drug-likeness (QED) is 0.296. The Kier molecular flexibility index (Phi) is 10.3. The molecular weight excluding hydrogens is 556 g/mol. The number of ether oxygens (including phenoxy) is 2. The van der Waals surface area contributed by atoms with E-state index >= 15 is 0 Å². The van der Waals surface area contributed by atoms with Crippen LogP contribution in [0.25, 0.3) is 22.2 Å². The van der Waals surface area contributed by atoms with Crippen LogP contribution in [0, 0.1) is 0 Å². The highest BCUT2D eigenvalue weighted by Crippen LogP contribution is 2.45. The number of fused-ring (bicyclic) bond motifs is 1. The molecule has 11 heteroatoms. The van der Waals surface area contributed by atoms with E-state index in [0.29, 0.717) is 30.1 Å². The van der Waals surface area contributed by atoms with Gasteiger partial charge in [-0.15, -0.1) is 0 Å². The molecule has 42 heavy (non-hydrogen) atoms. The van der Waals surface area contributed by atoms with Crippen molar-refractivity contribution in [1.82, 2.24) is 14.2 Å². The molecule has 1 fully saturated rings. The Morgan fingerprint density at radius 3 is 2.55 bits per heavy atom. The van der Waals surface area contributed by atoms with E-state index in [0.717, 1.165) is 39.3 Å². The highest BCUT2D eigenvalue weighted by molar-refractivity contribution is 7.86. The Balaban J connectivity index is 1.56. The molecule has 10 nitrogen and oxygen atoms in total. The maximum atomic E-state index is 12.8. The van der Waals surface area contributed by atoms with Crippen molar-refractivity contribution in [3.8, 4) is 17.0 Å². The van der Waals surface area contributed by atoms with Gasteiger partial charge in [-0.2, -0.15) is 12.7 Å². The lowest BCUT2D eigenvalue weighted by molar-refractivity contribution is -0.123. The number of hydrogen-bond donors (Lipinski definition) is 2. The third-order valence-electron chi connectivity index (χ3n) is 8.13. The zero-order valence-electron chi connectivity index (χ0n) is 24.9. The van der Waals surface area contributed by atoms with Crippen molar-refractivity contribution in [2.24, 2.45) is 12.2 Å². The fourth-order valence-corrected chi connectivity index (χ4v) is 6.29. The number of benzene rings is 2. The lowest BCUT2D eigenvalue weighted by Crippen LogP contribution is -2.37. The first-order valence-corrected chi connectivity index (χ1v) is 16.0. The largest absolute Gasteiger partial charge is 0.483 e. The number of rotatable bonds is 12. The summed E-state index contributed by atoms with van der Waals surface area (Å²) in [6.07, 6.45) is 6.93. The van der Waals surface area contributed by atoms with Crippen LogP contribution in [0.4, 0.5) is 0 Å². The summed E-state index contributed by atoms with van der Waals surface area (Å²) in [7, 11) is 1.10. The van der Waals surface area contributed by atoms with E-state index < -0.39 is 10.2 Å². The normalized spacial score (nSPS) is 15.1. The second-order valence-corrected chi connectivity index (χ2v) is 12.8. The summed E-state index contributed by atoms with van der Waals surface area (Å²) in [5, 5.41) is 9.17. The topological polar surface area (TPSA) is 133 Å². The molecule has 1 heterocycles. The van der Waals surface area contributed by atoms with E-state index in [1.54, 1.807) is 0 Å². The van der Waals surface area contributed by atoms with Gasteiger partial charge in [-0.3, -0.25) is 4.79 Å². The lowest BCUT2D eigenvalue weighted by Gasteiger charge is -2.24. The standard InChI is InChI=1S/C31H42N4O6S/c1-21(11-10-18-34(2)42(32,38)39)33-28(36)20-41-27-15-9-8-14-25(27)30-29(22-12-6-5-7-13-22)24-17-16-23(31(37)40-4)19-26(24)35(30)3/h8-9,14-17,19,21-22H,5-7,10-13,18,20H2,1-4H3,(H,33,36)(H2,32,38,39). The van der Waals surface area contributed by atoms with Crippen molar-refractivity contribution < 1.29 is 27.5 Å². The van der Waals surface area contributed by atoms with Gasteiger partial charge in [-0.05, 0) is 68.4 Å². The fraction of sp³-hybridized carbons (Fsp3) is 0.484. The summed E-state index contributed by atoms with van der Waals surface area (Å²) >= 11 is 0. The fourth-order valence-electron chi connectivity index (χ4n) is 5.91. The molecule has 1 unspecified atom stereocenters. The number of nitrogens with two attached hydrogens (primary N) is 1. The minimum atomic E-state index is -3.72. The maximum Gasteiger partial charge on any atom is 0.337 e. The molecule has 4 rings (SSSR count). The molecule has 0 aliphatic heterocycles. The molecule has 1 aliphatic carbocycles. The zero-order valence-corrected chi connectivity index (χ0v) is 25.7. The Bertz CT molecular complexity index is 1530. The van der Waals surface area contributed by atoms with Crippen LogP contribution >= 0.6 is 0 Å². The maximum absolute atomic E-state index is 12.8. The predicted molar refractivity (Wildman–Crippen MR) is 164 cm³/mol. The number of amides is 1. The van der Waals surface area contributed by atoms with Crippen molar-refractivity contribution in [2.75, 3.05) is 27.3 Å². The molecule has 1 aliphatic rings. The van der Waals surface area contributed by atoms with Crippen LogP contribution in [0.2, 0.25) is 0 Å². The highest BCUT2D eigenvalue weighted by atomic mass is 32.2. The number of aryl methyl sites for hydroxylation is 1. The number of carbonyl (C=O) groups is 2. The van der Waals surface area contributed by atoms with Crippen LogP contribution < -0.4 is 15.2 Å². The van der Waals surface area contributed by atoms with E-state index in [-0.39, 0.29) is 31.1 Å². The molecule has 1 aromatic heterocycles. The number of nitrogens with zero attached hydrogens (tertiary/aromatic N) is 2. The van der Waals surface area contributed by atoms with Crippen LogP contribution in [-0.4, -0.2) is 62.5 Å². The first-order chi connectivity index (χ1) is 20.0. The van der Waals surface area contributed by atoms with Gasteiger partial charge >= 0.3 is 5.97 Å². The van der Waals surface area contributed by atoms with Crippen molar-refractivity contribution in [3.05, 3.63) is 53.6 Å². The third-order valence-corrected chi connectivity index (χ3v) is 9.18. The molecule has 1 saturated carbocycles. The molecule has 2 aromatic carbocycles. The van der Waals surface area contributed by atoms with Crippen LogP contribution in [-0.2, 0) is 26.8 Å². The van der Waals surface area contributed by atoms with Gasteiger partial charge in [0.1, 0.15) is 5.75 Å². The van der Waals surface area contributed by atoms with Gasteiger partial charge in [-0.25, -0.2) is 9.93 Å². The van der Waals surface area contributed by atoms with Gasteiger partial charge in [0.15, 0.2) is 6.61 Å². The number of nitrogens with one attached hydrogen (secondary N) is 1. The molecule has 1 amide bonds. The molecule has 0 saturated heterocycles. The summed E-state index contributed by atoms with van der Waals surface area (Å²) in [5.74, 6) is 0.349. The second kappa shape index (κ2) is 13.7. The number of carbonyl (C=O) groups excluding carboxylic acids is 2. The van der Waals surface area contributed by atoms with E-state index in [1.807, 2.05) is 56.4 Å². The van der Waals surface area contributed by atoms with Crippen molar-refractivity contribution in [3.63, 3.8) is 0 Å². The monoisotopic (exact) mass is 598 g/mol. The first-order valence-electron chi connectivity index (χ1n) is 14.5. The SMILES string of the molecule is COC(=O)c1ccc2c(C3CCCCC3)c(-c3ccccc3OCC(=O)NC(C)CCCN(C)S(N)(=O)=O)n(C)c2c1. The molecule has 1 atom stereocenters. The first kappa shape index (κ1) is 31.5. The van der Waals surface area contributed by atoms with Gasteiger partial charge < -0.3 is 19.4 Å². The summed E-state index contributed by atoms with van der Waals surface area (Å²) in [4.78, 5) is 25.1. The Hall–Kier alpha value is -3.41. The van der Waals surface area contributed by atoms with Crippen LogP contribution in [0.15, 0.2) is 42.5 Å². The average Bonchev–Trinajstić information content (AvgIpc) is 3.26. The number of hydrogen-bond acceptors (Lipinski definition) is 6. The van der Waals surface area contributed by atoms with Gasteiger partial charge in [0.2, 0.25) is 0 Å². The average molecular weight is 599 g/mol. The molecule has 3 N–H and O–H groups in total. The minimum absolute atomic E-state index is 0.159. The number of para-hydroxylation sites is 1. The molecular formula is C31H42N4O6S. The molecule has 0 radical (unpaired) electrons. The predicted octanol–water partition coefficient (Wildman–Crippen LogP) is 4.48. The smallest absolute Gasteiger partial charge is 0.337 e. The zero-order chi connectivity index (χ0) is 30.4. The lowest BCUT2D eigenvalue weighted by atomic mass is 9.81. The van der Waals surface area contributed by atoms with Gasteiger partial charge in [0.25, 0.3) is 16.1 Å². The Morgan fingerprint density at radius 2 is 1.86 bits per heavy atom. The minimum Gasteiger partial charge on any atom is -0.483 e.